The molecule has 0 aromatic carbocycles. The number of hydrogen-bond donors (Lipinski definition) is 0. The van der Waals surface area contributed by atoms with Crippen LogP contribution in [0.2, 0.25) is 0 Å². The molecule has 0 unspecified atom stereocenters. The third kappa shape index (κ3) is 2.86. The smallest absolute Gasteiger partial charge is 0.419 e. The van der Waals surface area contributed by atoms with Crippen LogP contribution in [0.15, 0.2) is 12.4 Å². The number of halogens is 3. The van der Waals surface area contributed by atoms with E-state index < -0.39 is 11.7 Å². The Morgan fingerprint density at radius 3 is 2.07 bits per heavy atom. The summed E-state index contributed by atoms with van der Waals surface area (Å²) in [5, 5.41) is 0. The van der Waals surface area contributed by atoms with Gasteiger partial charge in [0.1, 0.15) is 0 Å². The molecule has 0 bridgehead atoms. The molecule has 1 aromatic heterocycles. The molecule has 0 fully saturated rings. The lowest BCUT2D eigenvalue weighted by molar-refractivity contribution is -0.138. The minimum Gasteiger partial charge on any atom is -0.461 e. The maximum Gasteiger partial charge on any atom is 0.419 e. The SMILES string of the molecule is CC(C)Oc1ncc(C(F)(F)F)cn1. The molecule has 0 saturated carbocycles. The van der Waals surface area contributed by atoms with E-state index in [0.29, 0.717) is 12.4 Å². The van der Waals surface area contributed by atoms with Crippen molar-refractivity contribution < 1.29 is 17.9 Å². The molecule has 0 amide bonds. The van der Waals surface area contributed by atoms with Crippen LogP contribution in [0.1, 0.15) is 19.4 Å². The molecular weight excluding hydrogens is 197 g/mol. The first kappa shape index (κ1) is 10.7. The van der Waals surface area contributed by atoms with Gasteiger partial charge < -0.3 is 4.74 Å². The Kier molecular flexibility index (Phi) is 2.93. The third-order valence-electron chi connectivity index (χ3n) is 1.30. The molecular formula is C8H9F3N2O. The molecule has 1 aromatic rings. The van der Waals surface area contributed by atoms with Crippen molar-refractivity contribution in [2.24, 2.45) is 0 Å². The molecule has 78 valence electrons. The Bertz CT molecular complexity index is 294. The number of alkyl halides is 3. The van der Waals surface area contributed by atoms with Gasteiger partial charge in [-0.2, -0.15) is 13.2 Å². The van der Waals surface area contributed by atoms with Gasteiger partial charge in [-0.05, 0) is 13.8 Å². The Hall–Kier alpha value is -1.33. The van der Waals surface area contributed by atoms with Crippen LogP contribution < -0.4 is 4.74 Å². The van der Waals surface area contributed by atoms with Gasteiger partial charge in [-0.25, -0.2) is 9.97 Å². The van der Waals surface area contributed by atoms with Crippen molar-refractivity contribution in [1.29, 1.82) is 0 Å². The Morgan fingerprint density at radius 1 is 1.21 bits per heavy atom. The van der Waals surface area contributed by atoms with Crippen molar-refractivity contribution in [2.75, 3.05) is 0 Å². The highest BCUT2D eigenvalue weighted by molar-refractivity contribution is 5.10. The second kappa shape index (κ2) is 3.81. The van der Waals surface area contributed by atoms with Crippen LogP contribution in [0.3, 0.4) is 0 Å². The first-order chi connectivity index (χ1) is 6.39. The van der Waals surface area contributed by atoms with Gasteiger partial charge in [0.05, 0.1) is 11.7 Å². The van der Waals surface area contributed by atoms with Gasteiger partial charge in [0, 0.05) is 12.4 Å². The first-order valence-electron chi connectivity index (χ1n) is 3.95. The minimum absolute atomic E-state index is 0.0481. The molecule has 0 aliphatic carbocycles. The zero-order valence-corrected chi connectivity index (χ0v) is 7.67. The summed E-state index contributed by atoms with van der Waals surface area (Å²) in [5.74, 6) is 0. The fourth-order valence-electron chi connectivity index (χ4n) is 0.734. The van der Waals surface area contributed by atoms with Crippen molar-refractivity contribution in [2.45, 2.75) is 26.1 Å². The maximum absolute atomic E-state index is 12.1. The summed E-state index contributed by atoms with van der Waals surface area (Å²) < 4.78 is 41.2. The van der Waals surface area contributed by atoms with E-state index in [4.69, 9.17) is 4.74 Å². The molecule has 14 heavy (non-hydrogen) atoms. The monoisotopic (exact) mass is 206 g/mol. The lowest BCUT2D eigenvalue weighted by Gasteiger charge is -2.08. The molecule has 3 nitrogen and oxygen atoms in total. The standard InChI is InChI=1S/C8H9F3N2O/c1-5(2)14-7-12-3-6(4-13-7)8(9,10)11/h3-5H,1-2H3. The first-order valence-corrected chi connectivity index (χ1v) is 3.95. The average Bonchev–Trinajstić information content (AvgIpc) is 2.02. The molecule has 0 saturated heterocycles. The summed E-state index contributed by atoms with van der Waals surface area (Å²) in [5.41, 5.74) is -0.881. The van der Waals surface area contributed by atoms with E-state index in [2.05, 4.69) is 9.97 Å². The van der Waals surface area contributed by atoms with Crippen LogP contribution >= 0.6 is 0 Å². The van der Waals surface area contributed by atoms with E-state index >= 15 is 0 Å². The van der Waals surface area contributed by atoms with E-state index in [0.717, 1.165) is 0 Å². The lowest BCUT2D eigenvalue weighted by atomic mass is 10.3. The number of nitrogens with zero attached hydrogens (tertiary/aromatic N) is 2. The Balaban J connectivity index is 2.79. The number of aromatic nitrogens is 2. The van der Waals surface area contributed by atoms with E-state index in [9.17, 15) is 13.2 Å². The van der Waals surface area contributed by atoms with Gasteiger partial charge in [-0.15, -0.1) is 0 Å². The van der Waals surface area contributed by atoms with E-state index in [1.54, 1.807) is 13.8 Å². The zero-order chi connectivity index (χ0) is 10.8. The van der Waals surface area contributed by atoms with Crippen LogP contribution in [-0.2, 0) is 6.18 Å². The van der Waals surface area contributed by atoms with Crippen LogP contribution in [0, 0.1) is 0 Å². The molecule has 0 aliphatic heterocycles. The molecule has 1 heterocycles. The van der Waals surface area contributed by atoms with Gasteiger partial charge in [0.2, 0.25) is 0 Å². The summed E-state index contributed by atoms with van der Waals surface area (Å²) in [6.07, 6.45) is -3.17. The summed E-state index contributed by atoms with van der Waals surface area (Å²) in [6.45, 7) is 3.47. The number of ether oxygens (including phenoxy) is 1. The molecule has 0 aliphatic rings. The highest BCUT2D eigenvalue weighted by Crippen LogP contribution is 2.28. The fourth-order valence-corrected chi connectivity index (χ4v) is 0.734. The molecule has 1 rings (SSSR count). The van der Waals surface area contributed by atoms with Crippen LogP contribution in [0.4, 0.5) is 13.2 Å². The highest BCUT2D eigenvalue weighted by atomic mass is 19.4. The molecule has 0 atom stereocenters. The van der Waals surface area contributed by atoms with Gasteiger partial charge in [-0.3, -0.25) is 0 Å². The van der Waals surface area contributed by atoms with Gasteiger partial charge in [0.15, 0.2) is 0 Å². The second-order valence-corrected chi connectivity index (χ2v) is 2.92. The quantitative estimate of drug-likeness (QED) is 0.744. The predicted octanol–water partition coefficient (Wildman–Crippen LogP) is 2.28. The highest BCUT2D eigenvalue weighted by Gasteiger charge is 2.31. The van der Waals surface area contributed by atoms with Crippen molar-refractivity contribution in [3.63, 3.8) is 0 Å². The normalized spacial score (nSPS) is 11.9. The summed E-state index contributed by atoms with van der Waals surface area (Å²) >= 11 is 0. The average molecular weight is 206 g/mol. The van der Waals surface area contributed by atoms with E-state index in [1.807, 2.05) is 0 Å². The lowest BCUT2D eigenvalue weighted by Crippen LogP contribution is -2.11. The third-order valence-corrected chi connectivity index (χ3v) is 1.30. The van der Waals surface area contributed by atoms with Crippen molar-refractivity contribution in [1.82, 2.24) is 9.97 Å². The Labute approximate surface area is 78.9 Å². The summed E-state index contributed by atoms with van der Waals surface area (Å²) in [4.78, 5) is 6.86. The summed E-state index contributed by atoms with van der Waals surface area (Å²) in [7, 11) is 0. The molecule has 0 spiro atoms. The van der Waals surface area contributed by atoms with Gasteiger partial charge >= 0.3 is 12.2 Å². The topological polar surface area (TPSA) is 35.0 Å². The molecule has 0 N–H and O–H groups in total. The van der Waals surface area contributed by atoms with Crippen molar-refractivity contribution >= 4 is 0 Å². The van der Waals surface area contributed by atoms with Crippen molar-refractivity contribution in [3.8, 4) is 6.01 Å². The molecule has 6 heteroatoms. The summed E-state index contributed by atoms with van der Waals surface area (Å²) in [6, 6.07) is -0.0481. The van der Waals surface area contributed by atoms with Crippen molar-refractivity contribution in [3.05, 3.63) is 18.0 Å². The zero-order valence-electron chi connectivity index (χ0n) is 7.67. The Morgan fingerprint density at radius 2 is 1.71 bits per heavy atom. The van der Waals surface area contributed by atoms with E-state index in [1.165, 1.54) is 0 Å². The van der Waals surface area contributed by atoms with Gasteiger partial charge in [-0.1, -0.05) is 0 Å². The number of hydrogen-bond acceptors (Lipinski definition) is 3. The number of rotatable bonds is 2. The van der Waals surface area contributed by atoms with E-state index in [-0.39, 0.29) is 12.1 Å². The predicted molar refractivity (Wildman–Crippen MR) is 42.8 cm³/mol. The van der Waals surface area contributed by atoms with Crippen LogP contribution in [0.25, 0.3) is 0 Å². The maximum atomic E-state index is 12.1. The fraction of sp³-hybridized carbons (Fsp3) is 0.500. The minimum atomic E-state index is -4.41. The van der Waals surface area contributed by atoms with Crippen LogP contribution in [-0.4, -0.2) is 16.1 Å². The second-order valence-electron chi connectivity index (χ2n) is 2.92. The van der Waals surface area contributed by atoms with Crippen LogP contribution in [0.5, 0.6) is 6.01 Å². The van der Waals surface area contributed by atoms with Gasteiger partial charge in [0.25, 0.3) is 0 Å². The molecule has 0 radical (unpaired) electrons. The largest absolute Gasteiger partial charge is 0.461 e.